The number of hydrogen-bond acceptors (Lipinski definition) is 5. The standard InChI is InChI=1S/C11H12BrN3O3/c1-18-11(17)8-3-2-4-15(8)10(16)9-13-5-7(12)6-14-9/h5-6,8H,2-4H2,1H3/t8-/m0/s1. The maximum absolute atomic E-state index is 12.2. The molecule has 1 amide bonds. The van der Waals surface area contributed by atoms with Crippen LogP contribution in [0.25, 0.3) is 0 Å². The number of carbonyl (C=O) groups excluding carboxylic acids is 2. The van der Waals surface area contributed by atoms with Crippen molar-refractivity contribution in [2.75, 3.05) is 13.7 Å². The van der Waals surface area contributed by atoms with E-state index < -0.39 is 12.0 Å². The lowest BCUT2D eigenvalue weighted by atomic mass is 10.2. The monoisotopic (exact) mass is 313 g/mol. The highest BCUT2D eigenvalue weighted by atomic mass is 79.9. The van der Waals surface area contributed by atoms with E-state index in [0.717, 1.165) is 6.42 Å². The highest BCUT2D eigenvalue weighted by molar-refractivity contribution is 9.10. The van der Waals surface area contributed by atoms with Crippen molar-refractivity contribution in [3.8, 4) is 0 Å². The second kappa shape index (κ2) is 5.43. The van der Waals surface area contributed by atoms with Crippen LogP contribution in [-0.4, -0.2) is 46.4 Å². The van der Waals surface area contributed by atoms with Gasteiger partial charge in [-0.2, -0.15) is 0 Å². The summed E-state index contributed by atoms with van der Waals surface area (Å²) in [4.78, 5) is 33.1. The molecule has 0 aliphatic carbocycles. The van der Waals surface area contributed by atoms with E-state index in [1.165, 1.54) is 24.4 Å². The smallest absolute Gasteiger partial charge is 0.328 e. The molecule has 1 fully saturated rings. The lowest BCUT2D eigenvalue weighted by Gasteiger charge is -2.21. The van der Waals surface area contributed by atoms with Gasteiger partial charge >= 0.3 is 5.97 Å². The van der Waals surface area contributed by atoms with Gasteiger partial charge in [0.15, 0.2) is 0 Å². The van der Waals surface area contributed by atoms with Gasteiger partial charge in [-0.05, 0) is 28.8 Å². The zero-order valence-corrected chi connectivity index (χ0v) is 11.4. The van der Waals surface area contributed by atoms with Gasteiger partial charge in [0.05, 0.1) is 11.6 Å². The van der Waals surface area contributed by atoms with Crippen molar-refractivity contribution < 1.29 is 14.3 Å². The molecule has 0 radical (unpaired) electrons. The molecule has 1 aromatic heterocycles. The van der Waals surface area contributed by atoms with Crippen molar-refractivity contribution in [3.05, 3.63) is 22.7 Å². The third-order valence-electron chi connectivity index (χ3n) is 2.80. The predicted molar refractivity (Wildman–Crippen MR) is 65.8 cm³/mol. The molecular formula is C11H12BrN3O3. The number of esters is 1. The van der Waals surface area contributed by atoms with E-state index in [0.29, 0.717) is 17.4 Å². The van der Waals surface area contributed by atoms with Crippen LogP contribution in [0.15, 0.2) is 16.9 Å². The van der Waals surface area contributed by atoms with Crippen molar-refractivity contribution in [1.29, 1.82) is 0 Å². The van der Waals surface area contributed by atoms with Gasteiger partial charge in [-0.25, -0.2) is 14.8 Å². The molecule has 2 rings (SSSR count). The molecule has 1 aliphatic rings. The number of hydrogen-bond donors (Lipinski definition) is 0. The summed E-state index contributed by atoms with van der Waals surface area (Å²) in [5, 5.41) is 0. The number of aromatic nitrogens is 2. The molecule has 7 heteroatoms. The van der Waals surface area contributed by atoms with Crippen LogP contribution < -0.4 is 0 Å². The van der Waals surface area contributed by atoms with Crippen LogP contribution in [0.2, 0.25) is 0 Å². The number of methoxy groups -OCH3 is 1. The first-order chi connectivity index (χ1) is 8.63. The predicted octanol–water partition coefficient (Wildman–Crippen LogP) is 1.02. The SMILES string of the molecule is COC(=O)[C@@H]1CCCN1C(=O)c1ncc(Br)cn1. The summed E-state index contributed by atoms with van der Waals surface area (Å²) in [6.07, 6.45) is 4.41. The van der Waals surface area contributed by atoms with Crippen LogP contribution in [0.4, 0.5) is 0 Å². The maximum Gasteiger partial charge on any atom is 0.328 e. The van der Waals surface area contributed by atoms with Crippen LogP contribution in [0.1, 0.15) is 23.5 Å². The number of rotatable bonds is 2. The summed E-state index contributed by atoms with van der Waals surface area (Å²) >= 11 is 3.20. The van der Waals surface area contributed by atoms with Crippen molar-refractivity contribution in [2.45, 2.75) is 18.9 Å². The number of nitrogens with zero attached hydrogens (tertiary/aromatic N) is 3. The van der Waals surface area contributed by atoms with Gasteiger partial charge in [-0.15, -0.1) is 0 Å². The summed E-state index contributed by atoms with van der Waals surface area (Å²) < 4.78 is 5.39. The van der Waals surface area contributed by atoms with Gasteiger partial charge in [-0.1, -0.05) is 0 Å². The number of carbonyl (C=O) groups is 2. The highest BCUT2D eigenvalue weighted by Crippen LogP contribution is 2.20. The molecule has 0 N–H and O–H groups in total. The molecule has 0 spiro atoms. The van der Waals surface area contributed by atoms with Crippen LogP contribution >= 0.6 is 15.9 Å². The molecule has 1 saturated heterocycles. The minimum Gasteiger partial charge on any atom is -0.467 e. The Balaban J connectivity index is 2.17. The summed E-state index contributed by atoms with van der Waals surface area (Å²) in [7, 11) is 1.32. The highest BCUT2D eigenvalue weighted by Gasteiger charge is 2.36. The molecule has 96 valence electrons. The van der Waals surface area contributed by atoms with E-state index in [-0.39, 0.29) is 11.7 Å². The Morgan fingerprint density at radius 1 is 1.44 bits per heavy atom. The zero-order valence-electron chi connectivity index (χ0n) is 9.80. The zero-order chi connectivity index (χ0) is 13.1. The molecule has 1 aliphatic heterocycles. The van der Waals surface area contributed by atoms with Gasteiger partial charge in [-0.3, -0.25) is 4.79 Å². The van der Waals surface area contributed by atoms with Gasteiger partial charge in [0, 0.05) is 18.9 Å². The minimum absolute atomic E-state index is 0.0917. The lowest BCUT2D eigenvalue weighted by molar-refractivity contribution is -0.145. The third-order valence-corrected chi connectivity index (χ3v) is 3.21. The van der Waals surface area contributed by atoms with Gasteiger partial charge in [0.1, 0.15) is 6.04 Å². The molecule has 0 aromatic carbocycles. The molecule has 6 nitrogen and oxygen atoms in total. The molecule has 0 unspecified atom stereocenters. The average molecular weight is 314 g/mol. The normalized spacial score (nSPS) is 18.8. The van der Waals surface area contributed by atoms with Crippen molar-refractivity contribution in [3.63, 3.8) is 0 Å². The summed E-state index contributed by atoms with van der Waals surface area (Å²) in [5.41, 5.74) is 0. The van der Waals surface area contributed by atoms with Gasteiger partial charge in [0.2, 0.25) is 5.82 Å². The van der Waals surface area contributed by atoms with Gasteiger partial charge < -0.3 is 9.64 Å². The quantitative estimate of drug-likeness (QED) is 0.762. The van der Waals surface area contributed by atoms with E-state index in [9.17, 15) is 9.59 Å². The van der Waals surface area contributed by atoms with E-state index in [1.54, 1.807) is 0 Å². The Kier molecular flexibility index (Phi) is 3.90. The third kappa shape index (κ3) is 2.50. The van der Waals surface area contributed by atoms with Gasteiger partial charge in [0.25, 0.3) is 5.91 Å². The number of amides is 1. The molecular weight excluding hydrogens is 302 g/mol. The van der Waals surface area contributed by atoms with E-state index in [2.05, 4.69) is 30.6 Å². The fourth-order valence-corrected chi connectivity index (χ4v) is 2.15. The van der Waals surface area contributed by atoms with Crippen molar-refractivity contribution >= 4 is 27.8 Å². The largest absolute Gasteiger partial charge is 0.467 e. The number of likely N-dealkylation sites (tertiary alicyclic amines) is 1. The Morgan fingerprint density at radius 2 is 2.11 bits per heavy atom. The fraction of sp³-hybridized carbons (Fsp3) is 0.455. The topological polar surface area (TPSA) is 72.4 Å². The van der Waals surface area contributed by atoms with E-state index in [1.807, 2.05) is 0 Å². The number of halogens is 1. The Bertz CT molecular complexity index is 463. The van der Waals surface area contributed by atoms with Crippen molar-refractivity contribution in [2.24, 2.45) is 0 Å². The summed E-state index contributed by atoms with van der Waals surface area (Å²) in [6.45, 7) is 0.526. The Labute approximate surface area is 112 Å². The first kappa shape index (κ1) is 12.9. The van der Waals surface area contributed by atoms with Crippen LogP contribution in [0, 0.1) is 0 Å². The van der Waals surface area contributed by atoms with Crippen LogP contribution in [-0.2, 0) is 9.53 Å². The molecule has 0 saturated carbocycles. The number of ether oxygens (including phenoxy) is 1. The second-order valence-electron chi connectivity index (χ2n) is 3.90. The average Bonchev–Trinajstić information content (AvgIpc) is 2.87. The summed E-state index contributed by atoms with van der Waals surface area (Å²) in [6, 6.07) is -0.519. The molecule has 1 aromatic rings. The maximum atomic E-state index is 12.2. The molecule has 1 atom stereocenters. The minimum atomic E-state index is -0.519. The Morgan fingerprint density at radius 3 is 2.72 bits per heavy atom. The van der Waals surface area contributed by atoms with Crippen LogP contribution in [0.3, 0.4) is 0 Å². The molecule has 0 bridgehead atoms. The molecule has 18 heavy (non-hydrogen) atoms. The van der Waals surface area contributed by atoms with E-state index >= 15 is 0 Å². The van der Waals surface area contributed by atoms with Crippen LogP contribution in [0.5, 0.6) is 0 Å². The molecule has 2 heterocycles. The van der Waals surface area contributed by atoms with E-state index in [4.69, 9.17) is 0 Å². The van der Waals surface area contributed by atoms with Crippen molar-refractivity contribution in [1.82, 2.24) is 14.9 Å². The second-order valence-corrected chi connectivity index (χ2v) is 4.82. The summed E-state index contributed by atoms with van der Waals surface area (Å²) in [5.74, 6) is -0.637. The first-order valence-electron chi connectivity index (χ1n) is 5.50. The first-order valence-corrected chi connectivity index (χ1v) is 6.29. The Hall–Kier alpha value is -1.50. The lowest BCUT2D eigenvalue weighted by Crippen LogP contribution is -2.41. The fourth-order valence-electron chi connectivity index (χ4n) is 1.94.